The molecule has 27 heavy (non-hydrogen) atoms. The maximum Gasteiger partial charge on any atom is 0.252 e. The number of hydrogen-bond donors (Lipinski definition) is 1. The Morgan fingerprint density at radius 1 is 1.15 bits per heavy atom. The molecule has 3 rings (SSSR count). The number of thiophene rings is 1. The van der Waals surface area contributed by atoms with Crippen molar-refractivity contribution in [2.24, 2.45) is 0 Å². The fourth-order valence-corrected chi connectivity index (χ4v) is 5.42. The van der Waals surface area contributed by atoms with Crippen molar-refractivity contribution in [2.45, 2.75) is 17.2 Å². The summed E-state index contributed by atoms with van der Waals surface area (Å²) in [6, 6.07) is 5.89. The third kappa shape index (κ3) is 4.34. The number of rotatable bonds is 5. The minimum atomic E-state index is -3.50. The third-order valence-corrected chi connectivity index (χ3v) is 7.75. The van der Waals surface area contributed by atoms with Gasteiger partial charge in [0.25, 0.3) is 10.0 Å². The van der Waals surface area contributed by atoms with E-state index >= 15 is 0 Å². The maximum absolute atomic E-state index is 13.3. The first-order chi connectivity index (χ1) is 12.8. The lowest BCUT2D eigenvalue weighted by atomic mass is 10.2. The van der Waals surface area contributed by atoms with E-state index in [4.69, 9.17) is 0 Å². The average Bonchev–Trinajstić information content (AvgIpc) is 3.20. The van der Waals surface area contributed by atoms with Crippen molar-refractivity contribution >= 4 is 33.0 Å². The van der Waals surface area contributed by atoms with Crippen molar-refractivity contribution in [1.29, 1.82) is 0 Å². The molecule has 0 bridgehead atoms. The van der Waals surface area contributed by atoms with E-state index in [0.29, 0.717) is 17.3 Å². The molecule has 1 atom stereocenters. The zero-order valence-corrected chi connectivity index (χ0v) is 16.2. The predicted octanol–water partition coefficient (Wildman–Crippen LogP) is 2.36. The molecular weight excluding hydrogens is 396 g/mol. The normalized spacial score (nSPS) is 17.6. The number of amides is 1. The number of hydrogen-bond acceptors (Lipinski definition) is 5. The Kier molecular flexibility index (Phi) is 5.89. The summed E-state index contributed by atoms with van der Waals surface area (Å²) in [7, 11) is -3.50. The van der Waals surface area contributed by atoms with E-state index in [1.54, 1.807) is 24.4 Å². The molecule has 1 unspecified atom stereocenters. The van der Waals surface area contributed by atoms with Gasteiger partial charge in [0.05, 0.1) is 6.04 Å². The molecule has 1 aromatic carbocycles. The molecule has 0 aliphatic carbocycles. The van der Waals surface area contributed by atoms with Crippen molar-refractivity contribution < 1.29 is 22.0 Å². The first kappa shape index (κ1) is 19.9. The second-order valence-corrected chi connectivity index (χ2v) is 9.28. The summed E-state index contributed by atoms with van der Waals surface area (Å²) < 4.78 is 53.0. The van der Waals surface area contributed by atoms with Gasteiger partial charge in [0.15, 0.2) is 11.6 Å². The molecule has 2 aromatic rings. The number of sulfonamides is 1. The Balaban J connectivity index is 1.58. The largest absolute Gasteiger partial charge is 0.325 e. The standard InChI is InChI=1S/C17H19F2N3O3S2/c1-12(17(23)20-13-4-5-14(18)15(19)11-13)21-6-8-22(9-7-21)27(24,25)16-3-2-10-26-16/h2-5,10-12H,6-9H2,1H3,(H,20,23). The van der Waals surface area contributed by atoms with Crippen LogP contribution in [-0.2, 0) is 14.8 Å². The lowest BCUT2D eigenvalue weighted by Crippen LogP contribution is -2.53. The van der Waals surface area contributed by atoms with Crippen LogP contribution in [0.3, 0.4) is 0 Å². The molecule has 1 aliphatic rings. The van der Waals surface area contributed by atoms with Gasteiger partial charge >= 0.3 is 0 Å². The van der Waals surface area contributed by atoms with Gasteiger partial charge < -0.3 is 5.32 Å². The second kappa shape index (κ2) is 8.01. The molecule has 1 aromatic heterocycles. The average molecular weight is 415 g/mol. The van der Waals surface area contributed by atoms with Crippen LogP contribution in [0, 0.1) is 11.6 Å². The van der Waals surface area contributed by atoms with Gasteiger partial charge in [-0.2, -0.15) is 4.31 Å². The Hall–Kier alpha value is -1.88. The van der Waals surface area contributed by atoms with Crippen LogP contribution in [0.2, 0.25) is 0 Å². The van der Waals surface area contributed by atoms with Crippen molar-refractivity contribution in [3.63, 3.8) is 0 Å². The molecule has 10 heteroatoms. The van der Waals surface area contributed by atoms with Crippen LogP contribution < -0.4 is 5.32 Å². The summed E-state index contributed by atoms with van der Waals surface area (Å²) in [6.07, 6.45) is 0. The van der Waals surface area contributed by atoms with E-state index in [1.807, 2.05) is 4.90 Å². The van der Waals surface area contributed by atoms with Crippen LogP contribution in [0.1, 0.15) is 6.92 Å². The van der Waals surface area contributed by atoms with E-state index in [-0.39, 0.29) is 24.7 Å². The molecule has 1 fully saturated rings. The van der Waals surface area contributed by atoms with Crippen LogP contribution in [0.5, 0.6) is 0 Å². The number of carbonyl (C=O) groups excluding carboxylic acids is 1. The topological polar surface area (TPSA) is 69.7 Å². The van der Waals surface area contributed by atoms with Crippen LogP contribution in [-0.4, -0.2) is 55.8 Å². The molecule has 0 radical (unpaired) electrons. The van der Waals surface area contributed by atoms with E-state index in [0.717, 1.165) is 12.1 Å². The van der Waals surface area contributed by atoms with Crippen molar-refractivity contribution in [3.8, 4) is 0 Å². The molecule has 146 valence electrons. The number of carbonyl (C=O) groups is 1. The van der Waals surface area contributed by atoms with Gasteiger partial charge in [-0.1, -0.05) is 6.07 Å². The van der Waals surface area contributed by atoms with Crippen LogP contribution in [0.4, 0.5) is 14.5 Å². The molecule has 1 aliphatic heterocycles. The minimum Gasteiger partial charge on any atom is -0.325 e. The number of anilines is 1. The summed E-state index contributed by atoms with van der Waals surface area (Å²) in [4.78, 5) is 14.2. The molecule has 1 saturated heterocycles. The first-order valence-corrected chi connectivity index (χ1v) is 10.6. The molecule has 2 heterocycles. The van der Waals surface area contributed by atoms with E-state index in [9.17, 15) is 22.0 Å². The Morgan fingerprint density at radius 3 is 2.44 bits per heavy atom. The fourth-order valence-electron chi connectivity index (χ4n) is 2.86. The monoisotopic (exact) mass is 415 g/mol. The quantitative estimate of drug-likeness (QED) is 0.814. The number of nitrogens with zero attached hydrogens (tertiary/aromatic N) is 2. The Bertz CT molecular complexity index is 912. The van der Waals surface area contributed by atoms with Gasteiger partial charge in [-0.3, -0.25) is 9.69 Å². The molecule has 0 saturated carbocycles. The summed E-state index contributed by atoms with van der Waals surface area (Å²) in [5, 5.41) is 4.27. The highest BCUT2D eigenvalue weighted by Gasteiger charge is 2.32. The molecule has 1 amide bonds. The van der Waals surface area contributed by atoms with Gasteiger partial charge in [-0.05, 0) is 30.5 Å². The van der Waals surface area contributed by atoms with Crippen LogP contribution >= 0.6 is 11.3 Å². The van der Waals surface area contributed by atoms with Gasteiger partial charge in [-0.15, -0.1) is 11.3 Å². The minimum absolute atomic E-state index is 0.171. The number of benzene rings is 1. The highest BCUT2D eigenvalue weighted by molar-refractivity contribution is 7.91. The van der Waals surface area contributed by atoms with Crippen molar-refractivity contribution in [1.82, 2.24) is 9.21 Å². The molecule has 0 spiro atoms. The van der Waals surface area contributed by atoms with E-state index < -0.39 is 27.7 Å². The third-order valence-electron chi connectivity index (χ3n) is 4.48. The number of halogens is 2. The Morgan fingerprint density at radius 2 is 1.85 bits per heavy atom. The van der Waals surface area contributed by atoms with Gasteiger partial charge in [0.1, 0.15) is 4.21 Å². The van der Waals surface area contributed by atoms with E-state index in [1.165, 1.54) is 21.7 Å². The summed E-state index contributed by atoms with van der Waals surface area (Å²) in [5.41, 5.74) is 0.171. The van der Waals surface area contributed by atoms with Gasteiger partial charge in [0, 0.05) is 37.9 Å². The van der Waals surface area contributed by atoms with Crippen molar-refractivity contribution in [3.05, 3.63) is 47.3 Å². The summed E-state index contributed by atoms with van der Waals surface area (Å²) in [5.74, 6) is -2.38. The maximum atomic E-state index is 13.3. The molecular formula is C17H19F2N3O3S2. The van der Waals surface area contributed by atoms with Gasteiger partial charge in [-0.25, -0.2) is 17.2 Å². The molecule has 1 N–H and O–H groups in total. The molecule has 6 nitrogen and oxygen atoms in total. The summed E-state index contributed by atoms with van der Waals surface area (Å²) >= 11 is 1.17. The lowest BCUT2D eigenvalue weighted by Gasteiger charge is -2.36. The zero-order valence-electron chi connectivity index (χ0n) is 14.6. The lowest BCUT2D eigenvalue weighted by molar-refractivity contribution is -0.121. The highest BCUT2D eigenvalue weighted by atomic mass is 32.2. The number of nitrogens with one attached hydrogen (secondary N) is 1. The van der Waals surface area contributed by atoms with Crippen LogP contribution in [0.15, 0.2) is 39.9 Å². The van der Waals surface area contributed by atoms with Crippen molar-refractivity contribution in [2.75, 3.05) is 31.5 Å². The van der Waals surface area contributed by atoms with E-state index in [2.05, 4.69) is 5.32 Å². The SMILES string of the molecule is CC(C(=O)Nc1ccc(F)c(F)c1)N1CCN(S(=O)(=O)c2cccs2)CC1. The zero-order chi connectivity index (χ0) is 19.6. The Labute approximate surface area is 160 Å². The summed E-state index contributed by atoms with van der Waals surface area (Å²) in [6.45, 7) is 3.05. The number of piperazine rings is 1. The predicted molar refractivity (Wildman–Crippen MR) is 99.1 cm³/mol. The fraction of sp³-hybridized carbons (Fsp3) is 0.353. The highest BCUT2D eigenvalue weighted by Crippen LogP contribution is 2.22. The first-order valence-electron chi connectivity index (χ1n) is 8.32. The smallest absolute Gasteiger partial charge is 0.252 e. The van der Waals surface area contributed by atoms with Crippen LogP contribution in [0.25, 0.3) is 0 Å². The second-order valence-electron chi connectivity index (χ2n) is 6.17. The van der Waals surface area contributed by atoms with Gasteiger partial charge in [0.2, 0.25) is 5.91 Å².